The van der Waals surface area contributed by atoms with Crippen LogP contribution in [0.5, 0.6) is 0 Å². The van der Waals surface area contributed by atoms with Crippen molar-refractivity contribution in [3.63, 3.8) is 0 Å². The lowest BCUT2D eigenvalue weighted by atomic mass is 10.2. The Hall–Kier alpha value is -1.10. The zero-order chi connectivity index (χ0) is 12.7. The van der Waals surface area contributed by atoms with Crippen LogP contribution in [0.1, 0.15) is 45.4 Å². The molecule has 5 nitrogen and oxygen atoms in total. The smallest absolute Gasteiger partial charge is 0.303 e. The molecule has 5 heteroatoms. The van der Waals surface area contributed by atoms with Crippen LogP contribution in [0, 0.1) is 0 Å². The van der Waals surface area contributed by atoms with Crippen LogP contribution >= 0.6 is 0 Å². The summed E-state index contributed by atoms with van der Waals surface area (Å²) in [6.45, 7) is 2.37. The molecule has 1 atom stereocenters. The van der Waals surface area contributed by atoms with Crippen LogP contribution in [-0.2, 0) is 9.59 Å². The van der Waals surface area contributed by atoms with Gasteiger partial charge in [0, 0.05) is 12.5 Å². The third-order valence-electron chi connectivity index (χ3n) is 3.11. The first kappa shape index (κ1) is 14.0. The fraction of sp³-hybridized carbons (Fsp3) is 0.833. The van der Waals surface area contributed by atoms with E-state index in [0.29, 0.717) is 19.0 Å². The van der Waals surface area contributed by atoms with E-state index < -0.39 is 5.97 Å². The molecule has 3 N–H and O–H groups in total. The number of rotatable bonds is 7. The molecular weight excluding hydrogens is 220 g/mol. The van der Waals surface area contributed by atoms with Gasteiger partial charge in [-0.15, -0.1) is 0 Å². The largest absolute Gasteiger partial charge is 0.481 e. The molecule has 0 radical (unpaired) electrons. The normalized spacial score (nSPS) is 17.9. The molecule has 1 saturated carbocycles. The third-order valence-corrected chi connectivity index (χ3v) is 3.11. The first-order chi connectivity index (χ1) is 8.09. The molecule has 0 aromatic rings. The molecule has 0 spiro atoms. The molecule has 0 aromatic carbocycles. The van der Waals surface area contributed by atoms with Gasteiger partial charge >= 0.3 is 5.97 Å². The molecule has 1 aliphatic carbocycles. The quantitative estimate of drug-likeness (QED) is 0.579. The minimum atomic E-state index is -0.796. The average Bonchev–Trinajstić information content (AvgIpc) is 2.76. The van der Waals surface area contributed by atoms with E-state index in [4.69, 9.17) is 5.11 Å². The van der Waals surface area contributed by atoms with Crippen molar-refractivity contribution in [1.82, 2.24) is 10.6 Å². The van der Waals surface area contributed by atoms with E-state index in [1.807, 2.05) is 6.92 Å². The maximum atomic E-state index is 11.7. The average molecular weight is 242 g/mol. The van der Waals surface area contributed by atoms with Crippen molar-refractivity contribution in [1.29, 1.82) is 0 Å². The summed E-state index contributed by atoms with van der Waals surface area (Å²) in [4.78, 5) is 22.0. The number of amides is 1. The zero-order valence-electron chi connectivity index (χ0n) is 10.4. The Morgan fingerprint density at radius 2 is 2.00 bits per heavy atom. The molecule has 0 aliphatic heterocycles. The van der Waals surface area contributed by atoms with Gasteiger partial charge < -0.3 is 15.7 Å². The summed E-state index contributed by atoms with van der Waals surface area (Å²) < 4.78 is 0. The van der Waals surface area contributed by atoms with Gasteiger partial charge in [-0.2, -0.15) is 0 Å². The van der Waals surface area contributed by atoms with Crippen LogP contribution < -0.4 is 10.6 Å². The number of nitrogens with one attached hydrogen (secondary N) is 2. The molecule has 0 heterocycles. The molecule has 98 valence electrons. The van der Waals surface area contributed by atoms with Crippen LogP contribution in [0.3, 0.4) is 0 Å². The molecule has 0 aromatic heterocycles. The minimum Gasteiger partial charge on any atom is -0.481 e. The van der Waals surface area contributed by atoms with Crippen molar-refractivity contribution in [2.24, 2.45) is 0 Å². The minimum absolute atomic E-state index is 0.0206. The van der Waals surface area contributed by atoms with Crippen molar-refractivity contribution in [3.8, 4) is 0 Å². The Kier molecular flexibility index (Phi) is 5.97. The highest BCUT2D eigenvalue weighted by molar-refractivity contribution is 5.81. The lowest BCUT2D eigenvalue weighted by molar-refractivity contribution is -0.137. The molecule has 1 rings (SSSR count). The summed E-state index contributed by atoms with van der Waals surface area (Å²) in [5.41, 5.74) is 0. The van der Waals surface area contributed by atoms with Crippen molar-refractivity contribution in [2.45, 2.75) is 57.5 Å². The van der Waals surface area contributed by atoms with Gasteiger partial charge in [0.15, 0.2) is 0 Å². The van der Waals surface area contributed by atoms with Gasteiger partial charge in [0.2, 0.25) is 5.91 Å². The van der Waals surface area contributed by atoms with Gasteiger partial charge in [0.05, 0.1) is 6.04 Å². The van der Waals surface area contributed by atoms with Gasteiger partial charge in [-0.3, -0.25) is 9.59 Å². The Morgan fingerprint density at radius 1 is 1.35 bits per heavy atom. The van der Waals surface area contributed by atoms with Crippen molar-refractivity contribution in [3.05, 3.63) is 0 Å². The SMILES string of the molecule is CC(NCCCC(=O)O)C(=O)NC1CCCC1. The number of carboxylic acids is 1. The van der Waals surface area contributed by atoms with Gasteiger partial charge in [-0.1, -0.05) is 12.8 Å². The summed E-state index contributed by atoms with van der Waals surface area (Å²) in [5, 5.41) is 14.5. The lowest BCUT2D eigenvalue weighted by Crippen LogP contribution is -2.45. The Balaban J connectivity index is 2.11. The zero-order valence-corrected chi connectivity index (χ0v) is 10.4. The van der Waals surface area contributed by atoms with Crippen LogP contribution in [0.2, 0.25) is 0 Å². The van der Waals surface area contributed by atoms with Gasteiger partial charge in [-0.25, -0.2) is 0 Å². The molecule has 1 aliphatic rings. The maximum absolute atomic E-state index is 11.7. The molecule has 1 fully saturated rings. The van der Waals surface area contributed by atoms with Crippen LogP contribution in [0.25, 0.3) is 0 Å². The number of aliphatic carboxylic acids is 1. The fourth-order valence-electron chi connectivity index (χ4n) is 2.05. The van der Waals surface area contributed by atoms with Crippen LogP contribution in [-0.4, -0.2) is 35.6 Å². The molecule has 0 bridgehead atoms. The van der Waals surface area contributed by atoms with E-state index in [1.54, 1.807) is 0 Å². The summed E-state index contributed by atoms with van der Waals surface area (Å²) in [7, 11) is 0. The number of hydrogen-bond donors (Lipinski definition) is 3. The Morgan fingerprint density at radius 3 is 2.59 bits per heavy atom. The van der Waals surface area contributed by atoms with E-state index in [2.05, 4.69) is 10.6 Å². The number of carbonyl (C=O) groups excluding carboxylic acids is 1. The second-order valence-corrected chi connectivity index (χ2v) is 4.66. The summed E-state index contributed by atoms with van der Waals surface area (Å²) in [5.74, 6) is -0.776. The Labute approximate surface area is 102 Å². The highest BCUT2D eigenvalue weighted by Crippen LogP contribution is 2.17. The standard InChI is InChI=1S/C12H22N2O3/c1-9(13-8-4-7-11(15)16)12(17)14-10-5-2-3-6-10/h9-10,13H,2-8H2,1H3,(H,14,17)(H,15,16). The van der Waals surface area contributed by atoms with E-state index in [-0.39, 0.29) is 18.4 Å². The fourth-order valence-corrected chi connectivity index (χ4v) is 2.05. The van der Waals surface area contributed by atoms with Crippen LogP contribution in [0.15, 0.2) is 0 Å². The number of carboxylic acid groups (broad SMARTS) is 1. The van der Waals surface area contributed by atoms with E-state index in [1.165, 1.54) is 12.8 Å². The summed E-state index contributed by atoms with van der Waals surface area (Å²) in [6, 6.07) is 0.0927. The summed E-state index contributed by atoms with van der Waals surface area (Å²) in [6.07, 6.45) is 5.26. The van der Waals surface area contributed by atoms with Crippen LogP contribution in [0.4, 0.5) is 0 Å². The predicted octanol–water partition coefficient (Wildman–Crippen LogP) is 0.888. The lowest BCUT2D eigenvalue weighted by Gasteiger charge is -2.17. The van der Waals surface area contributed by atoms with Crippen molar-refractivity contribution in [2.75, 3.05) is 6.54 Å². The first-order valence-corrected chi connectivity index (χ1v) is 6.35. The van der Waals surface area contributed by atoms with E-state index >= 15 is 0 Å². The Bertz CT molecular complexity index is 262. The van der Waals surface area contributed by atoms with Gasteiger partial charge in [-0.05, 0) is 32.7 Å². The van der Waals surface area contributed by atoms with Gasteiger partial charge in [0.25, 0.3) is 0 Å². The second kappa shape index (κ2) is 7.27. The van der Waals surface area contributed by atoms with Gasteiger partial charge in [0.1, 0.15) is 0 Å². The molecule has 1 amide bonds. The number of carbonyl (C=O) groups is 2. The highest BCUT2D eigenvalue weighted by Gasteiger charge is 2.19. The monoisotopic (exact) mass is 242 g/mol. The molecule has 17 heavy (non-hydrogen) atoms. The highest BCUT2D eigenvalue weighted by atomic mass is 16.4. The predicted molar refractivity (Wildman–Crippen MR) is 64.7 cm³/mol. The van der Waals surface area contributed by atoms with Crippen molar-refractivity contribution >= 4 is 11.9 Å². The van der Waals surface area contributed by atoms with Crippen molar-refractivity contribution < 1.29 is 14.7 Å². The maximum Gasteiger partial charge on any atom is 0.303 e. The first-order valence-electron chi connectivity index (χ1n) is 6.35. The summed E-state index contributed by atoms with van der Waals surface area (Å²) >= 11 is 0. The number of hydrogen-bond acceptors (Lipinski definition) is 3. The molecular formula is C12H22N2O3. The second-order valence-electron chi connectivity index (χ2n) is 4.66. The topological polar surface area (TPSA) is 78.4 Å². The van der Waals surface area contributed by atoms with E-state index in [9.17, 15) is 9.59 Å². The third kappa shape index (κ3) is 5.68. The molecule has 0 saturated heterocycles. The molecule has 1 unspecified atom stereocenters. The van der Waals surface area contributed by atoms with E-state index in [0.717, 1.165) is 12.8 Å².